The van der Waals surface area contributed by atoms with Crippen LogP contribution < -0.4 is 15.4 Å². The highest BCUT2D eigenvalue weighted by Gasteiger charge is 2.05. The third-order valence-electron chi connectivity index (χ3n) is 3.52. The van der Waals surface area contributed by atoms with Crippen molar-refractivity contribution in [3.8, 4) is 5.75 Å². The van der Waals surface area contributed by atoms with Gasteiger partial charge >= 0.3 is 0 Å². The van der Waals surface area contributed by atoms with Gasteiger partial charge in [0, 0.05) is 24.7 Å². The average Bonchev–Trinajstić information content (AvgIpc) is 2.53. The molecule has 0 fully saturated rings. The van der Waals surface area contributed by atoms with Crippen LogP contribution in [0, 0.1) is 0 Å². The maximum absolute atomic E-state index is 5.89. The monoisotopic (exact) mass is 320 g/mol. The van der Waals surface area contributed by atoms with Crippen LogP contribution in [0.3, 0.4) is 0 Å². The summed E-state index contributed by atoms with van der Waals surface area (Å²) in [6.45, 7) is 9.42. The minimum absolute atomic E-state index is 0.402. The molecule has 1 aromatic carbocycles. The van der Waals surface area contributed by atoms with Crippen molar-refractivity contribution in [3.63, 3.8) is 0 Å². The zero-order chi connectivity index (χ0) is 17.1. The Morgan fingerprint density at radius 2 is 2.00 bits per heavy atom. The molecule has 1 unspecified atom stereocenters. The van der Waals surface area contributed by atoms with Crippen LogP contribution in [-0.4, -0.2) is 50.7 Å². The zero-order valence-corrected chi connectivity index (χ0v) is 15.2. The SMILES string of the molecule is CCNC(=NCc1ccccc1OCCN(C)C)NC(C)CC. The lowest BCUT2D eigenvalue weighted by atomic mass is 10.2. The first kappa shape index (κ1) is 19.3. The summed E-state index contributed by atoms with van der Waals surface area (Å²) in [5.41, 5.74) is 1.10. The Labute approximate surface area is 141 Å². The van der Waals surface area contributed by atoms with Gasteiger partial charge in [-0.25, -0.2) is 4.99 Å². The molecule has 0 aliphatic heterocycles. The highest BCUT2D eigenvalue weighted by atomic mass is 16.5. The summed E-state index contributed by atoms with van der Waals surface area (Å²) >= 11 is 0. The van der Waals surface area contributed by atoms with Gasteiger partial charge in [0.1, 0.15) is 12.4 Å². The molecule has 0 bridgehead atoms. The summed E-state index contributed by atoms with van der Waals surface area (Å²) in [5.74, 6) is 1.77. The smallest absolute Gasteiger partial charge is 0.191 e. The quantitative estimate of drug-likeness (QED) is 0.542. The molecule has 1 aromatic rings. The van der Waals surface area contributed by atoms with Gasteiger partial charge in [0.25, 0.3) is 0 Å². The minimum Gasteiger partial charge on any atom is -0.492 e. The standard InChI is InChI=1S/C18H32N4O/c1-6-15(3)21-18(19-7-2)20-14-16-10-8-9-11-17(16)23-13-12-22(4)5/h8-11,15H,6-7,12-14H2,1-5H3,(H2,19,20,21). The van der Waals surface area contributed by atoms with Crippen LogP contribution in [0.2, 0.25) is 0 Å². The lowest BCUT2D eigenvalue weighted by Gasteiger charge is -2.17. The molecule has 0 radical (unpaired) electrons. The zero-order valence-electron chi connectivity index (χ0n) is 15.2. The summed E-state index contributed by atoms with van der Waals surface area (Å²) < 4.78 is 5.89. The molecular formula is C18H32N4O. The number of nitrogens with one attached hydrogen (secondary N) is 2. The van der Waals surface area contributed by atoms with Crippen molar-refractivity contribution in [2.24, 2.45) is 4.99 Å². The predicted octanol–water partition coefficient (Wildman–Crippen LogP) is 2.48. The van der Waals surface area contributed by atoms with E-state index in [0.717, 1.165) is 36.8 Å². The second-order valence-electron chi connectivity index (χ2n) is 5.91. The summed E-state index contributed by atoms with van der Waals surface area (Å²) in [4.78, 5) is 6.79. The normalized spacial score (nSPS) is 13.0. The van der Waals surface area contributed by atoms with Gasteiger partial charge in [-0.05, 0) is 40.4 Å². The fourth-order valence-corrected chi connectivity index (χ4v) is 1.93. The minimum atomic E-state index is 0.402. The molecule has 0 aromatic heterocycles. The van der Waals surface area contributed by atoms with Crippen molar-refractivity contribution in [3.05, 3.63) is 29.8 Å². The van der Waals surface area contributed by atoms with Gasteiger partial charge < -0.3 is 20.3 Å². The van der Waals surface area contributed by atoms with Crippen LogP contribution in [-0.2, 0) is 6.54 Å². The Hall–Kier alpha value is -1.75. The van der Waals surface area contributed by atoms with E-state index in [1.54, 1.807) is 0 Å². The molecule has 130 valence electrons. The number of aliphatic imine (C=N–C) groups is 1. The van der Waals surface area contributed by atoms with Crippen LogP contribution in [0.25, 0.3) is 0 Å². The van der Waals surface area contributed by atoms with Crippen molar-refractivity contribution in [2.75, 3.05) is 33.8 Å². The molecule has 23 heavy (non-hydrogen) atoms. The maximum Gasteiger partial charge on any atom is 0.191 e. The van der Waals surface area contributed by atoms with Crippen LogP contribution in [0.15, 0.2) is 29.3 Å². The van der Waals surface area contributed by atoms with E-state index >= 15 is 0 Å². The number of hydrogen-bond acceptors (Lipinski definition) is 3. The fraction of sp³-hybridized carbons (Fsp3) is 0.611. The van der Waals surface area contributed by atoms with Crippen molar-refractivity contribution >= 4 is 5.96 Å². The number of benzene rings is 1. The van der Waals surface area contributed by atoms with E-state index in [1.165, 1.54) is 0 Å². The molecule has 0 saturated heterocycles. The molecule has 2 N–H and O–H groups in total. The number of rotatable bonds is 9. The number of nitrogens with zero attached hydrogens (tertiary/aromatic N) is 2. The first-order valence-corrected chi connectivity index (χ1v) is 8.47. The predicted molar refractivity (Wildman–Crippen MR) is 98.2 cm³/mol. The van der Waals surface area contributed by atoms with Crippen LogP contribution in [0.5, 0.6) is 5.75 Å². The average molecular weight is 320 g/mol. The van der Waals surface area contributed by atoms with Gasteiger partial charge in [-0.3, -0.25) is 0 Å². The molecule has 1 atom stereocenters. The molecule has 0 saturated carbocycles. The third-order valence-corrected chi connectivity index (χ3v) is 3.52. The Bertz CT molecular complexity index is 474. The van der Waals surface area contributed by atoms with Crippen molar-refractivity contribution in [1.82, 2.24) is 15.5 Å². The largest absolute Gasteiger partial charge is 0.492 e. The number of para-hydroxylation sites is 1. The summed E-state index contributed by atoms with van der Waals surface area (Å²) in [6.07, 6.45) is 1.06. The number of ether oxygens (including phenoxy) is 1. The first-order chi connectivity index (χ1) is 11.1. The second-order valence-corrected chi connectivity index (χ2v) is 5.91. The van der Waals surface area contributed by atoms with Crippen molar-refractivity contribution in [1.29, 1.82) is 0 Å². The van der Waals surface area contributed by atoms with Gasteiger partial charge in [-0.2, -0.15) is 0 Å². The van der Waals surface area contributed by atoms with E-state index in [4.69, 9.17) is 4.74 Å². The summed E-state index contributed by atoms with van der Waals surface area (Å²) in [7, 11) is 4.09. The molecule has 0 amide bonds. The maximum atomic E-state index is 5.89. The Morgan fingerprint density at radius 3 is 2.65 bits per heavy atom. The Kier molecular flexibility index (Phi) is 9.14. The van der Waals surface area contributed by atoms with Crippen molar-refractivity contribution < 1.29 is 4.74 Å². The van der Waals surface area contributed by atoms with Crippen molar-refractivity contribution in [2.45, 2.75) is 39.8 Å². The van der Waals surface area contributed by atoms with E-state index < -0.39 is 0 Å². The van der Waals surface area contributed by atoms with E-state index in [0.29, 0.717) is 19.2 Å². The van der Waals surface area contributed by atoms with E-state index in [-0.39, 0.29) is 0 Å². The van der Waals surface area contributed by atoms with Gasteiger partial charge in [0.05, 0.1) is 6.54 Å². The summed E-state index contributed by atoms with van der Waals surface area (Å²) in [6, 6.07) is 8.51. The fourth-order valence-electron chi connectivity index (χ4n) is 1.93. The second kappa shape index (κ2) is 10.9. The molecule has 1 rings (SSSR count). The lowest BCUT2D eigenvalue weighted by Crippen LogP contribution is -2.41. The molecule has 0 heterocycles. The third kappa shape index (κ3) is 7.88. The highest BCUT2D eigenvalue weighted by Crippen LogP contribution is 2.18. The van der Waals surface area contributed by atoms with E-state index in [9.17, 15) is 0 Å². The number of hydrogen-bond donors (Lipinski definition) is 2. The Balaban J connectivity index is 2.71. The molecule has 0 aliphatic rings. The molecule has 0 aliphatic carbocycles. The van der Waals surface area contributed by atoms with E-state index in [2.05, 4.69) is 47.4 Å². The topological polar surface area (TPSA) is 48.9 Å². The number of likely N-dealkylation sites (N-methyl/N-ethyl adjacent to an activating group) is 1. The van der Waals surface area contributed by atoms with Gasteiger partial charge in [-0.1, -0.05) is 25.1 Å². The van der Waals surface area contributed by atoms with Gasteiger partial charge in [0.2, 0.25) is 0 Å². The van der Waals surface area contributed by atoms with Gasteiger partial charge in [0.15, 0.2) is 5.96 Å². The highest BCUT2D eigenvalue weighted by molar-refractivity contribution is 5.80. The van der Waals surface area contributed by atoms with Crippen LogP contribution in [0.4, 0.5) is 0 Å². The lowest BCUT2D eigenvalue weighted by molar-refractivity contribution is 0.259. The van der Waals surface area contributed by atoms with Crippen LogP contribution >= 0.6 is 0 Å². The van der Waals surface area contributed by atoms with E-state index in [1.807, 2.05) is 32.3 Å². The van der Waals surface area contributed by atoms with Gasteiger partial charge in [-0.15, -0.1) is 0 Å². The summed E-state index contributed by atoms with van der Waals surface area (Å²) in [5, 5.41) is 6.69. The number of guanidine groups is 1. The first-order valence-electron chi connectivity index (χ1n) is 8.47. The Morgan fingerprint density at radius 1 is 1.26 bits per heavy atom. The molecule has 5 nitrogen and oxygen atoms in total. The molecule has 5 heteroatoms. The molecular weight excluding hydrogens is 288 g/mol. The molecule has 0 spiro atoms. The van der Waals surface area contributed by atoms with Crippen LogP contribution in [0.1, 0.15) is 32.8 Å².